The van der Waals surface area contributed by atoms with E-state index in [-0.39, 0.29) is 10.5 Å². The second kappa shape index (κ2) is 8.07. The van der Waals surface area contributed by atoms with Gasteiger partial charge in [0.25, 0.3) is 15.9 Å². The quantitative estimate of drug-likeness (QED) is 0.479. The minimum Gasteiger partial charge on any atom is -0.268 e. The molecule has 7 heteroatoms. The maximum Gasteiger partial charge on any atom is 0.273 e. The summed E-state index contributed by atoms with van der Waals surface area (Å²) in [5.41, 5.74) is 2.08. The van der Waals surface area contributed by atoms with Crippen LogP contribution in [0.2, 0.25) is 5.02 Å². The molecule has 0 aromatic heterocycles. The lowest BCUT2D eigenvalue weighted by Gasteiger charge is -2.25. The Hall–Kier alpha value is -2.15. The Bertz CT molecular complexity index is 1140. The van der Waals surface area contributed by atoms with Crippen LogP contribution in [0.1, 0.15) is 21.5 Å². The zero-order valence-electron chi connectivity index (χ0n) is 15.2. The topological polar surface area (TPSA) is 54.5 Å². The van der Waals surface area contributed by atoms with Gasteiger partial charge in [0.05, 0.1) is 16.1 Å². The van der Waals surface area contributed by atoms with Gasteiger partial charge in [0.2, 0.25) is 0 Å². The van der Waals surface area contributed by atoms with E-state index in [0.29, 0.717) is 20.7 Å². The summed E-state index contributed by atoms with van der Waals surface area (Å²) in [6.45, 7) is 3.62. The van der Waals surface area contributed by atoms with Gasteiger partial charge in [0.15, 0.2) is 0 Å². The van der Waals surface area contributed by atoms with E-state index in [1.165, 1.54) is 24.3 Å². The minimum atomic E-state index is -4.17. The highest BCUT2D eigenvalue weighted by atomic mass is 79.9. The van der Waals surface area contributed by atoms with Crippen molar-refractivity contribution in [1.82, 2.24) is 0 Å². The molecule has 0 aliphatic rings. The number of benzene rings is 3. The molecule has 3 rings (SSSR count). The molecule has 0 spiro atoms. The van der Waals surface area contributed by atoms with E-state index >= 15 is 0 Å². The summed E-state index contributed by atoms with van der Waals surface area (Å²) in [5, 5.41) is 0.411. The van der Waals surface area contributed by atoms with Crippen LogP contribution in [0.15, 0.2) is 76.1 Å². The summed E-state index contributed by atoms with van der Waals surface area (Å²) in [4.78, 5) is 13.4. The number of aryl methyl sites for hydroxylation is 2. The van der Waals surface area contributed by atoms with Crippen LogP contribution in [0, 0.1) is 13.8 Å². The number of hydrogen-bond acceptors (Lipinski definition) is 3. The van der Waals surface area contributed by atoms with E-state index in [2.05, 4.69) is 15.9 Å². The van der Waals surface area contributed by atoms with Crippen molar-refractivity contribution in [3.8, 4) is 0 Å². The summed E-state index contributed by atoms with van der Waals surface area (Å²) < 4.78 is 28.3. The molecule has 3 aromatic rings. The molecule has 1 amide bonds. The monoisotopic (exact) mass is 477 g/mol. The number of nitrogens with zero attached hydrogens (tertiary/aromatic N) is 1. The van der Waals surface area contributed by atoms with Gasteiger partial charge in [-0.1, -0.05) is 35.9 Å². The Kier molecular flexibility index (Phi) is 5.93. The van der Waals surface area contributed by atoms with Crippen LogP contribution in [0.4, 0.5) is 5.69 Å². The average molecular weight is 479 g/mol. The maximum absolute atomic E-state index is 13.5. The van der Waals surface area contributed by atoms with Gasteiger partial charge >= 0.3 is 0 Å². The first-order valence-corrected chi connectivity index (χ1v) is 11.0. The standard InChI is InChI=1S/C21H17BrClNO3S/c1-14-7-8-15(2)20(13-14)24(21(25)18-5-3-4-6-19(18)22)28(26,27)17-11-9-16(23)10-12-17/h3-13H,1-2H3. The first kappa shape index (κ1) is 20.6. The predicted octanol–water partition coefficient (Wildman–Crippen LogP) is 5.76. The van der Waals surface area contributed by atoms with E-state index in [1.54, 1.807) is 43.3 Å². The third-order valence-electron chi connectivity index (χ3n) is 4.22. The summed E-state index contributed by atoms with van der Waals surface area (Å²) in [6, 6.07) is 17.8. The van der Waals surface area contributed by atoms with E-state index in [9.17, 15) is 13.2 Å². The molecular weight excluding hydrogens is 462 g/mol. The Morgan fingerprint density at radius 3 is 2.25 bits per heavy atom. The van der Waals surface area contributed by atoms with Crippen molar-refractivity contribution in [3.05, 3.63) is 92.9 Å². The molecule has 144 valence electrons. The van der Waals surface area contributed by atoms with Gasteiger partial charge < -0.3 is 0 Å². The molecule has 0 bridgehead atoms. The van der Waals surface area contributed by atoms with Crippen LogP contribution < -0.4 is 4.31 Å². The molecule has 0 unspecified atom stereocenters. The predicted molar refractivity (Wildman–Crippen MR) is 116 cm³/mol. The third-order valence-corrected chi connectivity index (χ3v) is 6.88. The Balaban J connectivity index is 2.26. The van der Waals surface area contributed by atoms with E-state index < -0.39 is 15.9 Å². The highest BCUT2D eigenvalue weighted by Gasteiger charge is 2.33. The molecule has 0 radical (unpaired) electrons. The zero-order chi connectivity index (χ0) is 20.5. The SMILES string of the molecule is Cc1ccc(C)c(N(C(=O)c2ccccc2Br)S(=O)(=O)c2ccc(Cl)cc2)c1. The lowest BCUT2D eigenvalue weighted by molar-refractivity contribution is 0.100. The molecule has 0 heterocycles. The molecule has 0 aliphatic heterocycles. The molecule has 3 aromatic carbocycles. The minimum absolute atomic E-state index is 0.0155. The van der Waals surface area contributed by atoms with E-state index in [1.807, 2.05) is 13.0 Å². The first-order valence-electron chi connectivity index (χ1n) is 8.39. The first-order chi connectivity index (χ1) is 13.2. The van der Waals surface area contributed by atoms with Crippen LogP contribution in [0.3, 0.4) is 0 Å². The van der Waals surface area contributed by atoms with Crippen LogP contribution >= 0.6 is 27.5 Å². The molecule has 0 atom stereocenters. The fourth-order valence-electron chi connectivity index (χ4n) is 2.74. The van der Waals surface area contributed by atoms with Gasteiger partial charge in [-0.25, -0.2) is 8.42 Å². The third kappa shape index (κ3) is 3.99. The highest BCUT2D eigenvalue weighted by molar-refractivity contribution is 9.10. The average Bonchev–Trinajstić information content (AvgIpc) is 2.65. The summed E-state index contributed by atoms with van der Waals surface area (Å²) in [6.07, 6.45) is 0. The number of hydrogen-bond donors (Lipinski definition) is 0. The maximum atomic E-state index is 13.5. The van der Waals surface area contributed by atoms with Crippen molar-refractivity contribution >= 4 is 49.1 Å². The van der Waals surface area contributed by atoms with Crippen LogP contribution in [-0.2, 0) is 10.0 Å². The van der Waals surface area contributed by atoms with Gasteiger partial charge in [-0.15, -0.1) is 0 Å². The van der Waals surface area contributed by atoms with Crippen LogP contribution in [-0.4, -0.2) is 14.3 Å². The van der Waals surface area contributed by atoms with Crippen molar-refractivity contribution in [2.24, 2.45) is 0 Å². The lowest BCUT2D eigenvalue weighted by Crippen LogP contribution is -2.37. The van der Waals surface area contributed by atoms with Crippen LogP contribution in [0.5, 0.6) is 0 Å². The summed E-state index contributed by atoms with van der Waals surface area (Å²) in [5.74, 6) is -0.642. The van der Waals surface area contributed by atoms with Crippen LogP contribution in [0.25, 0.3) is 0 Å². The number of amides is 1. The number of sulfonamides is 1. The molecule has 0 aliphatic carbocycles. The molecule has 0 saturated carbocycles. The summed E-state index contributed by atoms with van der Waals surface area (Å²) >= 11 is 9.25. The molecule has 28 heavy (non-hydrogen) atoms. The molecular formula is C21H17BrClNO3S. The number of carbonyl (C=O) groups is 1. The fourth-order valence-corrected chi connectivity index (χ4v) is 4.79. The van der Waals surface area contributed by atoms with Crippen molar-refractivity contribution < 1.29 is 13.2 Å². The van der Waals surface area contributed by atoms with Gasteiger partial charge in [0, 0.05) is 9.50 Å². The van der Waals surface area contributed by atoms with Gasteiger partial charge in [0.1, 0.15) is 0 Å². The van der Waals surface area contributed by atoms with Gasteiger partial charge in [-0.3, -0.25) is 4.79 Å². The van der Waals surface area contributed by atoms with E-state index in [4.69, 9.17) is 11.6 Å². The van der Waals surface area contributed by atoms with Gasteiger partial charge in [-0.2, -0.15) is 4.31 Å². The number of halogens is 2. The summed E-state index contributed by atoms with van der Waals surface area (Å²) in [7, 11) is -4.17. The second-order valence-electron chi connectivity index (χ2n) is 6.30. The smallest absolute Gasteiger partial charge is 0.268 e. The normalized spacial score (nSPS) is 11.3. The molecule has 4 nitrogen and oxygen atoms in total. The number of anilines is 1. The highest BCUT2D eigenvalue weighted by Crippen LogP contribution is 2.31. The Morgan fingerprint density at radius 2 is 1.61 bits per heavy atom. The Labute approximate surface area is 177 Å². The largest absolute Gasteiger partial charge is 0.273 e. The van der Waals surface area contributed by atoms with Crippen molar-refractivity contribution in [2.75, 3.05) is 4.31 Å². The lowest BCUT2D eigenvalue weighted by atomic mass is 10.1. The molecule has 0 N–H and O–H groups in total. The number of carbonyl (C=O) groups excluding carboxylic acids is 1. The molecule has 0 saturated heterocycles. The van der Waals surface area contributed by atoms with Crippen molar-refractivity contribution in [2.45, 2.75) is 18.7 Å². The zero-order valence-corrected chi connectivity index (χ0v) is 18.3. The fraction of sp³-hybridized carbons (Fsp3) is 0.0952. The second-order valence-corrected chi connectivity index (χ2v) is 9.38. The number of rotatable bonds is 4. The van der Waals surface area contributed by atoms with E-state index in [0.717, 1.165) is 9.87 Å². The molecule has 0 fully saturated rings. The van der Waals surface area contributed by atoms with Gasteiger partial charge in [-0.05, 0) is 83.4 Å². The van der Waals surface area contributed by atoms with Crippen molar-refractivity contribution in [3.63, 3.8) is 0 Å². The van der Waals surface area contributed by atoms with Crippen molar-refractivity contribution in [1.29, 1.82) is 0 Å². The Morgan fingerprint density at radius 1 is 0.964 bits per heavy atom.